The van der Waals surface area contributed by atoms with Crippen molar-refractivity contribution < 1.29 is 4.79 Å². The number of carbonyl (C=O) groups is 1. The molecule has 3 heteroatoms. The van der Waals surface area contributed by atoms with Crippen LogP contribution in [0, 0.1) is 6.92 Å². The number of hydrogen-bond acceptors (Lipinski definition) is 2. The molecule has 0 fully saturated rings. The van der Waals surface area contributed by atoms with Crippen LogP contribution >= 0.6 is 15.9 Å². The van der Waals surface area contributed by atoms with Crippen molar-refractivity contribution in [2.24, 2.45) is 0 Å². The number of rotatable bonds is 3. The zero-order chi connectivity index (χ0) is 12.3. The number of aromatic nitrogens is 1. The minimum Gasteiger partial charge on any atom is -0.293 e. The Hall–Kier alpha value is -1.48. The van der Waals surface area contributed by atoms with Crippen molar-refractivity contribution in [2.45, 2.75) is 11.8 Å². The van der Waals surface area contributed by atoms with E-state index in [9.17, 15) is 4.79 Å². The summed E-state index contributed by atoms with van der Waals surface area (Å²) >= 11 is 3.43. The molecule has 1 aromatic carbocycles. The molecule has 1 unspecified atom stereocenters. The molecule has 0 saturated carbocycles. The average molecular weight is 290 g/mol. The molecule has 0 amide bonds. The Bertz CT molecular complexity index is 508. The predicted octanol–water partition coefficient (Wildman–Crippen LogP) is 3.71. The maximum Gasteiger partial charge on any atom is 0.180 e. The van der Waals surface area contributed by atoms with Gasteiger partial charge in [0.2, 0.25) is 0 Å². The third kappa shape index (κ3) is 2.80. The lowest BCUT2D eigenvalue weighted by atomic mass is 10.0. The number of aryl methyl sites for hydroxylation is 1. The van der Waals surface area contributed by atoms with Crippen molar-refractivity contribution in [3.8, 4) is 0 Å². The van der Waals surface area contributed by atoms with Crippen LogP contribution in [-0.4, -0.2) is 10.8 Å². The van der Waals surface area contributed by atoms with E-state index in [0.717, 1.165) is 11.1 Å². The van der Waals surface area contributed by atoms with E-state index in [4.69, 9.17) is 0 Å². The summed E-state index contributed by atoms with van der Waals surface area (Å²) in [6, 6.07) is 11.3. The van der Waals surface area contributed by atoms with Gasteiger partial charge in [-0.25, -0.2) is 0 Å². The molecule has 1 aromatic heterocycles. The maximum atomic E-state index is 12.2. The first-order valence-corrected chi connectivity index (χ1v) is 6.25. The lowest BCUT2D eigenvalue weighted by Gasteiger charge is -2.09. The first-order chi connectivity index (χ1) is 8.18. The van der Waals surface area contributed by atoms with Gasteiger partial charge in [-0.2, -0.15) is 0 Å². The summed E-state index contributed by atoms with van der Waals surface area (Å²) < 4.78 is 0. The van der Waals surface area contributed by atoms with Crippen LogP contribution in [0.3, 0.4) is 0 Å². The van der Waals surface area contributed by atoms with Gasteiger partial charge in [-0.05, 0) is 24.6 Å². The van der Waals surface area contributed by atoms with E-state index in [-0.39, 0.29) is 10.6 Å². The Kier molecular flexibility index (Phi) is 3.69. The van der Waals surface area contributed by atoms with Crippen LogP contribution in [0.5, 0.6) is 0 Å². The van der Waals surface area contributed by atoms with Gasteiger partial charge in [0, 0.05) is 18.0 Å². The molecular formula is C14H12BrNO. The monoisotopic (exact) mass is 289 g/mol. The van der Waals surface area contributed by atoms with Gasteiger partial charge in [-0.1, -0.05) is 45.8 Å². The quantitative estimate of drug-likeness (QED) is 0.637. The van der Waals surface area contributed by atoms with E-state index in [2.05, 4.69) is 20.9 Å². The molecule has 0 spiro atoms. The van der Waals surface area contributed by atoms with E-state index >= 15 is 0 Å². The Morgan fingerprint density at radius 3 is 2.29 bits per heavy atom. The molecule has 0 aliphatic rings. The molecule has 0 N–H and O–H groups in total. The van der Waals surface area contributed by atoms with Gasteiger partial charge in [0.1, 0.15) is 4.83 Å². The number of alkyl halides is 1. The van der Waals surface area contributed by atoms with E-state index in [1.807, 2.05) is 43.3 Å². The van der Waals surface area contributed by atoms with Gasteiger partial charge < -0.3 is 0 Å². The zero-order valence-electron chi connectivity index (χ0n) is 9.43. The standard InChI is InChI=1S/C14H12BrNO/c1-10-2-4-12(5-3-10)14(17)13(15)11-6-8-16-9-7-11/h2-9,13H,1H3. The van der Waals surface area contributed by atoms with E-state index < -0.39 is 0 Å². The van der Waals surface area contributed by atoms with Gasteiger partial charge >= 0.3 is 0 Å². The van der Waals surface area contributed by atoms with Gasteiger partial charge in [0.05, 0.1) is 0 Å². The Morgan fingerprint density at radius 2 is 1.71 bits per heavy atom. The number of Topliss-reactive ketones (excluding diaryl/α,β-unsaturated/α-hetero) is 1. The fourth-order valence-electron chi connectivity index (χ4n) is 1.55. The van der Waals surface area contributed by atoms with Crippen molar-refractivity contribution in [1.29, 1.82) is 0 Å². The van der Waals surface area contributed by atoms with Crippen LogP contribution in [0.2, 0.25) is 0 Å². The number of benzene rings is 1. The van der Waals surface area contributed by atoms with E-state index in [1.54, 1.807) is 12.4 Å². The number of nitrogens with zero attached hydrogens (tertiary/aromatic N) is 1. The summed E-state index contributed by atoms with van der Waals surface area (Å²) in [6.45, 7) is 2.00. The normalized spacial score (nSPS) is 12.1. The molecule has 0 bridgehead atoms. The summed E-state index contributed by atoms with van der Waals surface area (Å²) in [5, 5.41) is 0. The smallest absolute Gasteiger partial charge is 0.180 e. The Labute approximate surface area is 109 Å². The summed E-state index contributed by atoms with van der Waals surface area (Å²) in [5.41, 5.74) is 2.79. The fourth-order valence-corrected chi connectivity index (χ4v) is 2.12. The second kappa shape index (κ2) is 5.23. The van der Waals surface area contributed by atoms with E-state index in [0.29, 0.717) is 5.56 Å². The van der Waals surface area contributed by atoms with Crippen LogP contribution in [0.15, 0.2) is 48.8 Å². The number of halogens is 1. The minimum atomic E-state index is -0.312. The molecule has 0 aliphatic carbocycles. The Morgan fingerprint density at radius 1 is 1.12 bits per heavy atom. The van der Waals surface area contributed by atoms with Gasteiger partial charge in [-0.15, -0.1) is 0 Å². The molecule has 2 nitrogen and oxygen atoms in total. The van der Waals surface area contributed by atoms with Gasteiger partial charge in [0.25, 0.3) is 0 Å². The number of hydrogen-bond donors (Lipinski definition) is 0. The maximum absolute atomic E-state index is 12.2. The number of ketones is 1. The van der Waals surface area contributed by atoms with Crippen LogP contribution in [-0.2, 0) is 0 Å². The van der Waals surface area contributed by atoms with Crippen LogP contribution in [0.1, 0.15) is 26.3 Å². The van der Waals surface area contributed by atoms with Crippen LogP contribution in [0.4, 0.5) is 0 Å². The largest absolute Gasteiger partial charge is 0.293 e. The zero-order valence-corrected chi connectivity index (χ0v) is 11.0. The topological polar surface area (TPSA) is 30.0 Å². The summed E-state index contributed by atoms with van der Waals surface area (Å²) in [7, 11) is 0. The van der Waals surface area contributed by atoms with Crippen molar-refractivity contribution in [2.75, 3.05) is 0 Å². The highest BCUT2D eigenvalue weighted by Crippen LogP contribution is 2.26. The summed E-state index contributed by atoms with van der Waals surface area (Å²) in [6.07, 6.45) is 3.37. The molecule has 2 rings (SSSR count). The minimum absolute atomic E-state index is 0.0659. The Balaban J connectivity index is 2.23. The molecule has 1 atom stereocenters. The molecule has 0 aliphatic heterocycles. The first-order valence-electron chi connectivity index (χ1n) is 5.33. The lowest BCUT2D eigenvalue weighted by molar-refractivity contribution is 0.0991. The van der Waals surface area contributed by atoms with Crippen LogP contribution in [0.25, 0.3) is 0 Å². The molecule has 86 valence electrons. The second-order valence-electron chi connectivity index (χ2n) is 3.87. The highest BCUT2D eigenvalue weighted by molar-refractivity contribution is 9.09. The molecule has 0 radical (unpaired) electrons. The van der Waals surface area contributed by atoms with Crippen molar-refractivity contribution >= 4 is 21.7 Å². The third-order valence-electron chi connectivity index (χ3n) is 2.57. The van der Waals surface area contributed by atoms with E-state index in [1.165, 1.54) is 0 Å². The van der Waals surface area contributed by atoms with Gasteiger partial charge in [-0.3, -0.25) is 9.78 Å². The van der Waals surface area contributed by atoms with Gasteiger partial charge in [0.15, 0.2) is 5.78 Å². The van der Waals surface area contributed by atoms with Crippen molar-refractivity contribution in [3.63, 3.8) is 0 Å². The average Bonchev–Trinajstić information content (AvgIpc) is 2.39. The fraction of sp³-hybridized carbons (Fsp3) is 0.143. The predicted molar refractivity (Wildman–Crippen MR) is 71.4 cm³/mol. The van der Waals surface area contributed by atoms with Crippen molar-refractivity contribution in [3.05, 3.63) is 65.5 Å². The second-order valence-corrected chi connectivity index (χ2v) is 4.79. The summed E-state index contributed by atoms with van der Waals surface area (Å²) in [5.74, 6) is 0.0659. The molecule has 2 aromatic rings. The SMILES string of the molecule is Cc1ccc(C(=O)C(Br)c2ccncc2)cc1. The van der Waals surface area contributed by atoms with Crippen LogP contribution < -0.4 is 0 Å². The third-order valence-corrected chi connectivity index (χ3v) is 3.51. The number of carbonyl (C=O) groups excluding carboxylic acids is 1. The highest BCUT2D eigenvalue weighted by atomic mass is 79.9. The highest BCUT2D eigenvalue weighted by Gasteiger charge is 2.18. The molecule has 1 heterocycles. The molecular weight excluding hydrogens is 278 g/mol. The summed E-state index contributed by atoms with van der Waals surface area (Å²) in [4.78, 5) is 15.8. The van der Waals surface area contributed by atoms with Crippen molar-refractivity contribution in [1.82, 2.24) is 4.98 Å². The first kappa shape index (κ1) is 12.0. The molecule has 0 saturated heterocycles. The number of pyridine rings is 1. The molecule has 17 heavy (non-hydrogen) atoms. The lowest BCUT2D eigenvalue weighted by Crippen LogP contribution is -2.07.